The minimum atomic E-state index is -0.190. The molecule has 4 rings (SSSR count). The lowest BCUT2D eigenvalue weighted by molar-refractivity contribution is -0.113. The second-order valence-corrected chi connectivity index (χ2v) is 7.83. The first-order valence-electron chi connectivity index (χ1n) is 8.41. The Morgan fingerprint density at radius 2 is 2.14 bits per heavy atom. The number of nitrogens with zero attached hydrogens (tertiary/aromatic N) is 3. The van der Waals surface area contributed by atoms with E-state index in [1.165, 1.54) is 23.2 Å². The fraction of sp³-hybridized carbons (Fsp3) is 0.158. The zero-order chi connectivity index (χ0) is 19.5. The largest absolute Gasteiger partial charge is 0.459 e. The molecule has 3 heterocycles. The van der Waals surface area contributed by atoms with Gasteiger partial charge in [0.05, 0.1) is 17.7 Å². The highest BCUT2D eigenvalue weighted by Gasteiger charge is 2.14. The Morgan fingerprint density at radius 1 is 1.25 bits per heavy atom. The molecule has 1 N–H and O–H groups in total. The van der Waals surface area contributed by atoms with E-state index in [0.717, 1.165) is 28.6 Å². The number of thioether (sulfide) groups is 1. The van der Waals surface area contributed by atoms with E-state index in [0.29, 0.717) is 16.1 Å². The van der Waals surface area contributed by atoms with Crippen LogP contribution in [0.5, 0.6) is 0 Å². The first-order valence-corrected chi connectivity index (χ1v) is 10.3. The maximum Gasteiger partial charge on any atom is 0.284 e. The standard InChI is InChI=1S/C19H16N4O3S2/c1-11-5-6-12(2)13(8-11)14-9-27-18(20-14)21-16(24)10-28-19-23-22-17(26-19)15-4-3-7-25-15/h3-9H,10H2,1-2H3,(H,20,21,24). The third kappa shape index (κ3) is 4.15. The van der Waals surface area contributed by atoms with Gasteiger partial charge in [-0.25, -0.2) is 4.98 Å². The number of amides is 1. The fourth-order valence-corrected chi connectivity index (χ4v) is 3.81. The number of aromatic nitrogens is 3. The summed E-state index contributed by atoms with van der Waals surface area (Å²) in [7, 11) is 0. The number of nitrogens with one attached hydrogen (secondary N) is 1. The summed E-state index contributed by atoms with van der Waals surface area (Å²) in [6.07, 6.45) is 1.53. The molecule has 1 amide bonds. The SMILES string of the molecule is Cc1ccc(C)c(-c2csc(NC(=O)CSc3nnc(-c4ccco4)o3)n2)c1. The predicted molar refractivity (Wildman–Crippen MR) is 108 cm³/mol. The molecule has 0 radical (unpaired) electrons. The van der Waals surface area contributed by atoms with Crippen molar-refractivity contribution in [3.8, 4) is 22.9 Å². The monoisotopic (exact) mass is 412 g/mol. The summed E-state index contributed by atoms with van der Waals surface area (Å²) in [5, 5.41) is 13.4. The number of carbonyl (C=O) groups excluding carboxylic acids is 1. The van der Waals surface area contributed by atoms with E-state index < -0.39 is 0 Å². The van der Waals surface area contributed by atoms with Crippen LogP contribution >= 0.6 is 23.1 Å². The van der Waals surface area contributed by atoms with E-state index >= 15 is 0 Å². The van der Waals surface area contributed by atoms with Crippen molar-refractivity contribution in [2.75, 3.05) is 11.1 Å². The Labute approximate surface area is 169 Å². The van der Waals surface area contributed by atoms with Gasteiger partial charge in [0, 0.05) is 10.9 Å². The third-order valence-electron chi connectivity index (χ3n) is 3.88. The molecule has 0 saturated carbocycles. The molecule has 0 spiro atoms. The maximum absolute atomic E-state index is 12.2. The molecular weight excluding hydrogens is 396 g/mol. The number of furan rings is 1. The highest BCUT2D eigenvalue weighted by Crippen LogP contribution is 2.28. The van der Waals surface area contributed by atoms with Crippen LogP contribution in [0.3, 0.4) is 0 Å². The Bertz CT molecular complexity index is 1100. The number of hydrogen-bond acceptors (Lipinski definition) is 8. The van der Waals surface area contributed by atoms with Crippen LogP contribution < -0.4 is 5.32 Å². The highest BCUT2D eigenvalue weighted by molar-refractivity contribution is 7.99. The predicted octanol–water partition coefficient (Wildman–Crippen LogP) is 4.80. The number of anilines is 1. The minimum Gasteiger partial charge on any atom is -0.459 e. The Kier molecular flexibility index (Phi) is 5.27. The van der Waals surface area contributed by atoms with Crippen molar-refractivity contribution in [2.24, 2.45) is 0 Å². The van der Waals surface area contributed by atoms with Gasteiger partial charge in [-0.3, -0.25) is 4.79 Å². The number of aryl methyl sites for hydroxylation is 2. The summed E-state index contributed by atoms with van der Waals surface area (Å²) in [4.78, 5) is 16.7. The van der Waals surface area contributed by atoms with Crippen LogP contribution in [0.1, 0.15) is 11.1 Å². The van der Waals surface area contributed by atoms with Crippen molar-refractivity contribution in [3.05, 3.63) is 53.1 Å². The lowest BCUT2D eigenvalue weighted by Gasteiger charge is -2.04. The van der Waals surface area contributed by atoms with E-state index in [1.54, 1.807) is 12.1 Å². The van der Waals surface area contributed by atoms with Gasteiger partial charge in [0.25, 0.3) is 11.1 Å². The summed E-state index contributed by atoms with van der Waals surface area (Å²) < 4.78 is 10.7. The Morgan fingerprint density at radius 3 is 2.96 bits per heavy atom. The molecule has 9 heteroatoms. The van der Waals surface area contributed by atoms with Crippen LogP contribution in [-0.2, 0) is 4.79 Å². The van der Waals surface area contributed by atoms with Crippen molar-refractivity contribution in [1.29, 1.82) is 0 Å². The Hall–Kier alpha value is -2.91. The molecule has 1 aromatic carbocycles. The summed E-state index contributed by atoms with van der Waals surface area (Å²) in [5.41, 5.74) is 4.24. The summed E-state index contributed by atoms with van der Waals surface area (Å²) in [5.74, 6) is 0.721. The summed E-state index contributed by atoms with van der Waals surface area (Å²) in [6.45, 7) is 4.09. The molecule has 3 aromatic heterocycles. The van der Waals surface area contributed by atoms with E-state index in [2.05, 4.69) is 38.7 Å². The van der Waals surface area contributed by atoms with Gasteiger partial charge in [-0.2, -0.15) is 0 Å². The molecule has 28 heavy (non-hydrogen) atoms. The van der Waals surface area contributed by atoms with Gasteiger partial charge in [-0.05, 0) is 37.6 Å². The molecule has 0 bridgehead atoms. The Balaban J connectivity index is 1.36. The molecule has 0 aliphatic rings. The van der Waals surface area contributed by atoms with Gasteiger partial charge in [-0.15, -0.1) is 21.5 Å². The van der Waals surface area contributed by atoms with Gasteiger partial charge < -0.3 is 14.2 Å². The highest BCUT2D eigenvalue weighted by atomic mass is 32.2. The molecule has 0 unspecified atom stereocenters. The molecule has 142 valence electrons. The van der Waals surface area contributed by atoms with Gasteiger partial charge in [0.1, 0.15) is 0 Å². The summed E-state index contributed by atoms with van der Waals surface area (Å²) >= 11 is 2.55. The normalized spacial score (nSPS) is 10.9. The number of rotatable bonds is 6. The topological polar surface area (TPSA) is 94.1 Å². The van der Waals surface area contributed by atoms with Crippen molar-refractivity contribution in [3.63, 3.8) is 0 Å². The third-order valence-corrected chi connectivity index (χ3v) is 5.46. The molecule has 0 saturated heterocycles. The fourth-order valence-electron chi connectivity index (χ4n) is 2.52. The first-order chi connectivity index (χ1) is 13.6. The van der Waals surface area contributed by atoms with Crippen molar-refractivity contribution >= 4 is 34.1 Å². The zero-order valence-electron chi connectivity index (χ0n) is 15.1. The second kappa shape index (κ2) is 7.99. The van der Waals surface area contributed by atoms with Crippen LogP contribution in [0.2, 0.25) is 0 Å². The molecule has 0 aliphatic carbocycles. The summed E-state index contributed by atoms with van der Waals surface area (Å²) in [6, 6.07) is 9.70. The van der Waals surface area contributed by atoms with Gasteiger partial charge in [0.15, 0.2) is 10.9 Å². The lowest BCUT2D eigenvalue weighted by atomic mass is 10.0. The molecule has 0 atom stereocenters. The zero-order valence-corrected chi connectivity index (χ0v) is 16.8. The first kappa shape index (κ1) is 18.5. The average molecular weight is 412 g/mol. The van der Waals surface area contributed by atoms with Gasteiger partial charge >= 0.3 is 0 Å². The van der Waals surface area contributed by atoms with E-state index in [4.69, 9.17) is 8.83 Å². The van der Waals surface area contributed by atoms with E-state index in [1.807, 2.05) is 19.2 Å². The van der Waals surface area contributed by atoms with Crippen molar-refractivity contribution in [1.82, 2.24) is 15.2 Å². The van der Waals surface area contributed by atoms with E-state index in [9.17, 15) is 4.79 Å². The van der Waals surface area contributed by atoms with Crippen LogP contribution in [0.25, 0.3) is 22.9 Å². The molecule has 0 aliphatic heterocycles. The number of thiazole rings is 1. The second-order valence-electron chi connectivity index (χ2n) is 6.04. The van der Waals surface area contributed by atoms with Gasteiger partial charge in [0.2, 0.25) is 5.91 Å². The molecule has 7 nitrogen and oxygen atoms in total. The number of carbonyl (C=O) groups is 1. The minimum absolute atomic E-state index is 0.137. The van der Waals surface area contributed by atoms with Crippen LogP contribution in [0.15, 0.2) is 56.0 Å². The average Bonchev–Trinajstić information content (AvgIpc) is 3.43. The molecule has 0 fully saturated rings. The molecular formula is C19H16N4O3S2. The van der Waals surface area contributed by atoms with Crippen LogP contribution in [0, 0.1) is 13.8 Å². The van der Waals surface area contributed by atoms with E-state index in [-0.39, 0.29) is 17.6 Å². The number of benzene rings is 1. The van der Waals surface area contributed by atoms with Crippen molar-refractivity contribution in [2.45, 2.75) is 19.1 Å². The number of hydrogen-bond donors (Lipinski definition) is 1. The van der Waals surface area contributed by atoms with Crippen molar-refractivity contribution < 1.29 is 13.6 Å². The lowest BCUT2D eigenvalue weighted by Crippen LogP contribution is -2.13. The van der Waals surface area contributed by atoms with Crippen LogP contribution in [-0.4, -0.2) is 26.8 Å². The van der Waals surface area contributed by atoms with Crippen LogP contribution in [0.4, 0.5) is 5.13 Å². The smallest absolute Gasteiger partial charge is 0.284 e. The quantitative estimate of drug-likeness (QED) is 0.455. The molecule has 4 aromatic rings. The van der Waals surface area contributed by atoms with Gasteiger partial charge in [-0.1, -0.05) is 29.5 Å². The maximum atomic E-state index is 12.2.